The van der Waals surface area contributed by atoms with Crippen molar-refractivity contribution in [3.63, 3.8) is 0 Å². The van der Waals surface area contributed by atoms with Crippen LogP contribution in [-0.4, -0.2) is 48.3 Å². The van der Waals surface area contributed by atoms with Gasteiger partial charge in [-0.2, -0.15) is 17.9 Å². The minimum Gasteiger partial charge on any atom is -0.272 e. The molecule has 1 saturated heterocycles. The number of carbonyl (C=O) groups is 1. The standard InChI is InChI=1S/C17H18N6O.C2H6.CH4S/c1-4-22-16(24)12(10-19-2)15(20-3)23(22)14-7-5-6-13(21-14)17(11-18)8-9-17;2*1-2/h5-7,10H,2,4,8-9H2,1,3H3;1-2H3;2H,1H3/b12-10+,20-15?;;. The number of amidine groups is 1. The van der Waals surface area contributed by atoms with Crippen molar-refractivity contribution in [1.82, 2.24) is 9.99 Å². The highest BCUT2D eigenvalue weighted by Crippen LogP contribution is 2.47. The predicted octanol–water partition coefficient (Wildman–Crippen LogP) is 3.41. The van der Waals surface area contributed by atoms with Gasteiger partial charge in [0.1, 0.15) is 5.57 Å². The number of thiol groups is 1. The van der Waals surface area contributed by atoms with Crippen molar-refractivity contribution in [2.24, 2.45) is 9.98 Å². The van der Waals surface area contributed by atoms with Gasteiger partial charge in [0.2, 0.25) is 0 Å². The lowest BCUT2D eigenvalue weighted by atomic mass is 10.0. The van der Waals surface area contributed by atoms with Crippen LogP contribution in [0, 0.1) is 11.3 Å². The number of nitrogens with zero attached hydrogens (tertiary/aromatic N) is 6. The van der Waals surface area contributed by atoms with Crippen molar-refractivity contribution in [1.29, 1.82) is 5.26 Å². The molecule has 2 aliphatic rings. The van der Waals surface area contributed by atoms with E-state index in [0.29, 0.717) is 23.8 Å². The maximum atomic E-state index is 12.6. The van der Waals surface area contributed by atoms with E-state index in [4.69, 9.17) is 0 Å². The lowest BCUT2D eigenvalue weighted by Gasteiger charge is -2.27. The molecule has 0 aromatic carbocycles. The Balaban J connectivity index is 0.000000921. The predicted molar refractivity (Wildman–Crippen MR) is 118 cm³/mol. The highest BCUT2D eigenvalue weighted by Gasteiger charge is 2.47. The van der Waals surface area contributed by atoms with Crippen molar-refractivity contribution in [2.45, 2.75) is 39.0 Å². The maximum Gasteiger partial charge on any atom is 0.278 e. The fraction of sp³-hybridized carbons (Fsp3) is 0.450. The summed E-state index contributed by atoms with van der Waals surface area (Å²) < 4.78 is 0. The normalized spacial score (nSPS) is 19.4. The van der Waals surface area contributed by atoms with Crippen LogP contribution in [0.25, 0.3) is 0 Å². The molecule has 8 heteroatoms. The van der Waals surface area contributed by atoms with Crippen molar-refractivity contribution in [3.05, 3.63) is 35.7 Å². The van der Waals surface area contributed by atoms with Crippen molar-refractivity contribution in [2.75, 3.05) is 24.9 Å². The van der Waals surface area contributed by atoms with Crippen LogP contribution >= 0.6 is 12.6 Å². The van der Waals surface area contributed by atoms with Crippen molar-refractivity contribution >= 4 is 36.9 Å². The van der Waals surface area contributed by atoms with E-state index < -0.39 is 5.41 Å². The number of hydrogen-bond acceptors (Lipinski definition) is 6. The zero-order valence-corrected chi connectivity index (χ0v) is 18.1. The van der Waals surface area contributed by atoms with Crippen LogP contribution < -0.4 is 5.01 Å². The third kappa shape index (κ3) is 4.25. The van der Waals surface area contributed by atoms with Gasteiger partial charge < -0.3 is 0 Å². The Morgan fingerprint density at radius 3 is 2.50 bits per heavy atom. The SMILES string of the molecule is C=N/C=C1/C(=O)N(CC)N(c2cccc(C3(C#N)CC3)n2)C1=NC.CC.CS. The van der Waals surface area contributed by atoms with Gasteiger partial charge in [0.25, 0.3) is 5.91 Å². The first-order valence-corrected chi connectivity index (χ1v) is 10.1. The summed E-state index contributed by atoms with van der Waals surface area (Å²) in [5.74, 6) is 0.845. The Bertz CT molecular complexity index is 807. The molecular formula is C20H28N6OS. The van der Waals surface area contributed by atoms with Gasteiger partial charge in [-0.1, -0.05) is 19.9 Å². The highest BCUT2D eigenvalue weighted by atomic mass is 32.1. The van der Waals surface area contributed by atoms with Crippen LogP contribution in [0.5, 0.6) is 0 Å². The van der Waals surface area contributed by atoms with Gasteiger partial charge in [-0.25, -0.2) is 15.0 Å². The minimum atomic E-state index is -0.484. The molecule has 7 nitrogen and oxygen atoms in total. The first kappa shape index (κ1) is 23.4. The number of nitriles is 1. The van der Waals surface area contributed by atoms with E-state index >= 15 is 0 Å². The summed E-state index contributed by atoms with van der Waals surface area (Å²) >= 11 is 3.53. The lowest BCUT2D eigenvalue weighted by molar-refractivity contribution is -0.125. The number of amides is 1. The molecule has 2 fully saturated rings. The van der Waals surface area contributed by atoms with Crippen LogP contribution in [0.4, 0.5) is 5.82 Å². The number of anilines is 1. The molecular weight excluding hydrogens is 372 g/mol. The van der Waals surface area contributed by atoms with Gasteiger partial charge in [-0.15, -0.1) is 0 Å². The Kier molecular flexibility index (Phi) is 8.86. The van der Waals surface area contributed by atoms with Crippen LogP contribution in [0.1, 0.15) is 39.3 Å². The average molecular weight is 401 g/mol. The smallest absolute Gasteiger partial charge is 0.272 e. The van der Waals surface area contributed by atoms with Crippen LogP contribution in [-0.2, 0) is 10.2 Å². The minimum absolute atomic E-state index is 0.195. The van der Waals surface area contributed by atoms with E-state index in [-0.39, 0.29) is 5.91 Å². The molecule has 1 saturated carbocycles. The molecule has 1 aliphatic heterocycles. The Morgan fingerprint density at radius 2 is 2.04 bits per heavy atom. The molecule has 1 aromatic heterocycles. The number of hydrazine groups is 1. The first-order chi connectivity index (χ1) is 13.6. The van der Waals surface area contributed by atoms with Crippen LogP contribution in [0.3, 0.4) is 0 Å². The summed E-state index contributed by atoms with van der Waals surface area (Å²) in [4.78, 5) is 25.2. The van der Waals surface area contributed by atoms with E-state index in [1.54, 1.807) is 23.3 Å². The highest BCUT2D eigenvalue weighted by molar-refractivity contribution is 7.79. The molecule has 0 atom stereocenters. The van der Waals surface area contributed by atoms with Gasteiger partial charge in [-0.3, -0.25) is 14.8 Å². The monoisotopic (exact) mass is 400 g/mol. The topological polar surface area (TPSA) is 85.0 Å². The Morgan fingerprint density at radius 1 is 1.39 bits per heavy atom. The van der Waals surface area contributed by atoms with E-state index in [1.807, 2.05) is 39.0 Å². The quantitative estimate of drug-likeness (QED) is 0.477. The van der Waals surface area contributed by atoms with Crippen molar-refractivity contribution in [3.8, 4) is 6.07 Å². The number of carbonyl (C=O) groups excluding carboxylic acids is 1. The van der Waals surface area contributed by atoms with Gasteiger partial charge >= 0.3 is 0 Å². The number of pyridine rings is 1. The molecule has 28 heavy (non-hydrogen) atoms. The fourth-order valence-electron chi connectivity index (χ4n) is 2.85. The number of aromatic nitrogens is 1. The number of rotatable bonds is 4. The Labute approximate surface area is 172 Å². The number of likely N-dealkylation sites (N-methyl/N-ethyl adjacent to an activating group) is 1. The molecule has 0 spiro atoms. The largest absolute Gasteiger partial charge is 0.278 e. The van der Waals surface area contributed by atoms with Crippen LogP contribution in [0.2, 0.25) is 0 Å². The first-order valence-electron chi connectivity index (χ1n) is 9.20. The van der Waals surface area contributed by atoms with E-state index in [0.717, 1.165) is 18.5 Å². The molecule has 0 radical (unpaired) electrons. The lowest BCUT2D eigenvalue weighted by Crippen LogP contribution is -2.41. The molecule has 3 rings (SSSR count). The molecule has 0 unspecified atom stereocenters. The fourth-order valence-corrected chi connectivity index (χ4v) is 2.85. The molecule has 0 N–H and O–H groups in total. The second-order valence-electron chi connectivity index (χ2n) is 5.68. The van der Waals surface area contributed by atoms with Gasteiger partial charge in [0, 0.05) is 19.8 Å². The van der Waals surface area contributed by atoms with E-state index in [1.165, 1.54) is 6.20 Å². The van der Waals surface area contributed by atoms with Crippen molar-refractivity contribution < 1.29 is 4.79 Å². The zero-order chi connectivity index (χ0) is 21.3. The summed E-state index contributed by atoms with van der Waals surface area (Å²) in [6, 6.07) is 7.87. The van der Waals surface area contributed by atoms with Gasteiger partial charge in [0.05, 0.1) is 17.2 Å². The third-order valence-corrected chi connectivity index (χ3v) is 4.29. The molecule has 2 heterocycles. The number of aliphatic imine (C=N–C) groups is 2. The van der Waals surface area contributed by atoms with Gasteiger partial charge in [0.15, 0.2) is 11.7 Å². The zero-order valence-electron chi connectivity index (χ0n) is 17.2. The molecule has 1 aliphatic carbocycles. The number of hydrogen-bond donors (Lipinski definition) is 1. The second kappa shape index (κ2) is 10.6. The molecule has 1 amide bonds. The van der Waals surface area contributed by atoms with Crippen LogP contribution in [0.15, 0.2) is 40.0 Å². The maximum absolute atomic E-state index is 12.6. The molecule has 0 bridgehead atoms. The van der Waals surface area contributed by atoms with E-state index in [9.17, 15) is 10.1 Å². The van der Waals surface area contributed by atoms with E-state index in [2.05, 4.69) is 40.4 Å². The summed E-state index contributed by atoms with van der Waals surface area (Å²) in [6.45, 7) is 9.76. The molecule has 150 valence electrons. The molecule has 1 aromatic rings. The summed E-state index contributed by atoms with van der Waals surface area (Å²) in [6.07, 6.45) is 4.74. The Hall–Kier alpha value is -2.66. The van der Waals surface area contributed by atoms with Gasteiger partial charge in [-0.05, 0) is 44.9 Å². The average Bonchev–Trinajstić information content (AvgIpc) is 3.52. The third-order valence-electron chi connectivity index (χ3n) is 4.29. The summed E-state index contributed by atoms with van der Waals surface area (Å²) in [7, 11) is 1.62. The summed E-state index contributed by atoms with van der Waals surface area (Å²) in [5, 5.41) is 12.6. The summed E-state index contributed by atoms with van der Waals surface area (Å²) in [5.41, 5.74) is 0.630. The second-order valence-corrected chi connectivity index (χ2v) is 5.68.